The van der Waals surface area contributed by atoms with Crippen molar-refractivity contribution in [1.82, 2.24) is 15.0 Å². The maximum absolute atomic E-state index is 13.3. The zero-order valence-corrected chi connectivity index (χ0v) is 14.8. The SMILES string of the molecule is COC1CC(CC(=O)O)N(C(=O)c2cc(C3CC3)nc3onc(C)c23)C1. The normalized spacial score (nSPS) is 22.9. The highest BCUT2D eigenvalue weighted by Gasteiger charge is 2.38. The van der Waals surface area contributed by atoms with E-state index >= 15 is 0 Å². The number of pyridine rings is 1. The van der Waals surface area contributed by atoms with Crippen molar-refractivity contribution in [3.05, 3.63) is 23.0 Å². The van der Waals surface area contributed by atoms with Crippen LogP contribution in [0.3, 0.4) is 0 Å². The van der Waals surface area contributed by atoms with Crippen molar-refractivity contribution in [1.29, 1.82) is 0 Å². The highest BCUT2D eigenvalue weighted by molar-refractivity contribution is 6.06. The molecule has 1 amide bonds. The lowest BCUT2D eigenvalue weighted by Crippen LogP contribution is -2.37. The lowest BCUT2D eigenvalue weighted by molar-refractivity contribution is -0.137. The molecule has 2 unspecified atom stereocenters. The van der Waals surface area contributed by atoms with Gasteiger partial charge in [-0.3, -0.25) is 9.59 Å². The molecule has 1 N–H and O–H groups in total. The Kier molecular flexibility index (Phi) is 4.14. The number of carboxylic acids is 1. The number of aryl methyl sites for hydroxylation is 1. The highest BCUT2D eigenvalue weighted by atomic mass is 16.5. The molecule has 0 bridgehead atoms. The van der Waals surface area contributed by atoms with E-state index in [-0.39, 0.29) is 18.4 Å². The Bertz CT molecular complexity index is 873. The average Bonchev–Trinajstić information content (AvgIpc) is 3.29. The third kappa shape index (κ3) is 2.94. The zero-order chi connectivity index (χ0) is 18.4. The summed E-state index contributed by atoms with van der Waals surface area (Å²) >= 11 is 0. The standard InChI is InChI=1S/C18H21N3O5/c1-9-16-13(7-14(10-3-4-10)19-17(16)26-20-9)18(24)21-8-12(25-2)5-11(21)6-15(22)23/h7,10-12H,3-6,8H2,1-2H3,(H,22,23). The molecule has 0 spiro atoms. The van der Waals surface area contributed by atoms with E-state index in [4.69, 9.17) is 9.26 Å². The molecule has 4 rings (SSSR count). The molecular formula is C18H21N3O5. The maximum Gasteiger partial charge on any atom is 0.305 e. The van der Waals surface area contributed by atoms with Crippen LogP contribution in [0.2, 0.25) is 0 Å². The molecule has 0 radical (unpaired) electrons. The van der Waals surface area contributed by atoms with Crippen molar-refractivity contribution in [2.24, 2.45) is 0 Å². The second-order valence-corrected chi connectivity index (χ2v) is 7.12. The van der Waals surface area contributed by atoms with Crippen molar-refractivity contribution < 1.29 is 24.0 Å². The predicted octanol–water partition coefficient (Wildman–Crippen LogP) is 2.11. The van der Waals surface area contributed by atoms with Crippen LogP contribution in [0.4, 0.5) is 0 Å². The predicted molar refractivity (Wildman–Crippen MR) is 91.0 cm³/mol. The van der Waals surface area contributed by atoms with Crippen LogP contribution in [-0.2, 0) is 9.53 Å². The third-order valence-electron chi connectivity index (χ3n) is 5.24. The van der Waals surface area contributed by atoms with Gasteiger partial charge in [-0.1, -0.05) is 5.16 Å². The quantitative estimate of drug-likeness (QED) is 0.871. The van der Waals surface area contributed by atoms with Gasteiger partial charge < -0.3 is 19.3 Å². The lowest BCUT2D eigenvalue weighted by Gasteiger charge is -2.23. The second kappa shape index (κ2) is 6.35. The average molecular weight is 359 g/mol. The van der Waals surface area contributed by atoms with Gasteiger partial charge in [-0.05, 0) is 32.3 Å². The topological polar surface area (TPSA) is 106 Å². The summed E-state index contributed by atoms with van der Waals surface area (Å²) in [7, 11) is 1.58. The first kappa shape index (κ1) is 17.0. The number of hydrogen-bond acceptors (Lipinski definition) is 6. The van der Waals surface area contributed by atoms with E-state index in [1.807, 2.05) is 6.07 Å². The van der Waals surface area contributed by atoms with Gasteiger partial charge >= 0.3 is 5.97 Å². The fourth-order valence-electron chi connectivity index (χ4n) is 3.71. The first-order valence-electron chi connectivity index (χ1n) is 8.80. The van der Waals surface area contributed by atoms with Crippen LogP contribution in [0.1, 0.15) is 53.3 Å². The molecule has 1 aliphatic heterocycles. The molecule has 1 saturated heterocycles. The minimum Gasteiger partial charge on any atom is -0.481 e. The molecule has 2 aliphatic rings. The molecular weight excluding hydrogens is 338 g/mol. The second-order valence-electron chi connectivity index (χ2n) is 7.12. The van der Waals surface area contributed by atoms with Gasteiger partial charge in [-0.2, -0.15) is 0 Å². The van der Waals surface area contributed by atoms with Gasteiger partial charge in [0.05, 0.1) is 29.2 Å². The summed E-state index contributed by atoms with van der Waals surface area (Å²) in [6.45, 7) is 2.15. The molecule has 2 aromatic rings. The van der Waals surface area contributed by atoms with Gasteiger partial charge in [0.1, 0.15) is 0 Å². The van der Waals surface area contributed by atoms with E-state index in [2.05, 4.69) is 10.1 Å². The summed E-state index contributed by atoms with van der Waals surface area (Å²) in [5.41, 5.74) is 2.31. The van der Waals surface area contributed by atoms with Gasteiger partial charge in [0.2, 0.25) is 0 Å². The summed E-state index contributed by atoms with van der Waals surface area (Å²) in [6, 6.07) is 1.43. The number of nitrogens with zero attached hydrogens (tertiary/aromatic N) is 3. The van der Waals surface area contributed by atoms with Crippen LogP contribution in [0.15, 0.2) is 10.6 Å². The monoisotopic (exact) mass is 359 g/mol. The molecule has 3 heterocycles. The number of likely N-dealkylation sites (tertiary alicyclic amines) is 1. The van der Waals surface area contributed by atoms with Gasteiger partial charge in [0, 0.05) is 31.3 Å². The first-order chi connectivity index (χ1) is 12.5. The van der Waals surface area contributed by atoms with Crippen LogP contribution < -0.4 is 0 Å². The van der Waals surface area contributed by atoms with Gasteiger partial charge in [-0.15, -0.1) is 0 Å². The number of carboxylic acid groups (broad SMARTS) is 1. The number of fused-ring (bicyclic) bond motifs is 1. The summed E-state index contributed by atoms with van der Waals surface area (Å²) in [4.78, 5) is 30.7. The van der Waals surface area contributed by atoms with Gasteiger partial charge in [-0.25, -0.2) is 4.98 Å². The molecule has 8 nitrogen and oxygen atoms in total. The van der Waals surface area contributed by atoms with E-state index in [1.54, 1.807) is 18.9 Å². The number of ether oxygens (including phenoxy) is 1. The Morgan fingerprint density at radius 1 is 1.42 bits per heavy atom. The van der Waals surface area contributed by atoms with Crippen LogP contribution in [0.5, 0.6) is 0 Å². The van der Waals surface area contributed by atoms with E-state index < -0.39 is 12.0 Å². The van der Waals surface area contributed by atoms with Gasteiger partial charge in [0.25, 0.3) is 11.6 Å². The van der Waals surface area contributed by atoms with Gasteiger partial charge in [0.15, 0.2) is 0 Å². The fraction of sp³-hybridized carbons (Fsp3) is 0.556. The number of hydrogen-bond donors (Lipinski definition) is 1. The minimum atomic E-state index is -0.927. The largest absolute Gasteiger partial charge is 0.481 e. The Morgan fingerprint density at radius 3 is 2.85 bits per heavy atom. The van der Waals surface area contributed by atoms with Crippen LogP contribution in [0.25, 0.3) is 11.1 Å². The van der Waals surface area contributed by atoms with Crippen LogP contribution >= 0.6 is 0 Å². The van der Waals surface area contributed by atoms with Crippen molar-refractivity contribution in [3.8, 4) is 0 Å². The molecule has 0 aromatic carbocycles. The van der Waals surface area contributed by atoms with Crippen LogP contribution in [-0.4, -0.2) is 57.8 Å². The number of amides is 1. The number of carbonyl (C=O) groups is 2. The Morgan fingerprint density at radius 2 is 2.19 bits per heavy atom. The number of aliphatic carboxylic acids is 1. The zero-order valence-electron chi connectivity index (χ0n) is 14.8. The molecule has 1 saturated carbocycles. The molecule has 138 valence electrons. The summed E-state index contributed by atoms with van der Waals surface area (Å²) in [5.74, 6) is -0.780. The van der Waals surface area contributed by atoms with Crippen molar-refractivity contribution >= 4 is 23.0 Å². The Labute approximate surface area is 150 Å². The van der Waals surface area contributed by atoms with Crippen molar-refractivity contribution in [2.75, 3.05) is 13.7 Å². The Hall–Kier alpha value is -2.48. The Balaban J connectivity index is 1.74. The van der Waals surface area contributed by atoms with E-state index in [0.29, 0.717) is 41.2 Å². The van der Waals surface area contributed by atoms with Crippen molar-refractivity contribution in [2.45, 2.75) is 50.7 Å². The molecule has 8 heteroatoms. The lowest BCUT2D eigenvalue weighted by atomic mass is 10.1. The first-order valence-corrected chi connectivity index (χ1v) is 8.80. The third-order valence-corrected chi connectivity index (χ3v) is 5.24. The highest BCUT2D eigenvalue weighted by Crippen LogP contribution is 2.41. The molecule has 2 atom stereocenters. The van der Waals surface area contributed by atoms with E-state index in [9.17, 15) is 14.7 Å². The summed E-state index contributed by atoms with van der Waals surface area (Å²) in [6.07, 6.45) is 2.36. The number of rotatable bonds is 5. The summed E-state index contributed by atoms with van der Waals surface area (Å²) in [5, 5.41) is 13.8. The maximum atomic E-state index is 13.3. The number of methoxy groups -OCH3 is 1. The molecule has 1 aliphatic carbocycles. The molecule has 26 heavy (non-hydrogen) atoms. The van der Waals surface area contributed by atoms with E-state index in [0.717, 1.165) is 18.5 Å². The minimum absolute atomic E-state index is 0.0993. The summed E-state index contributed by atoms with van der Waals surface area (Å²) < 4.78 is 10.7. The fourth-order valence-corrected chi connectivity index (χ4v) is 3.71. The smallest absolute Gasteiger partial charge is 0.305 e. The number of carbonyl (C=O) groups excluding carboxylic acids is 1. The van der Waals surface area contributed by atoms with Crippen molar-refractivity contribution in [3.63, 3.8) is 0 Å². The molecule has 2 aromatic heterocycles. The van der Waals surface area contributed by atoms with Crippen LogP contribution in [0, 0.1) is 6.92 Å². The number of aromatic nitrogens is 2. The molecule has 2 fully saturated rings. The van der Waals surface area contributed by atoms with E-state index in [1.165, 1.54) is 0 Å².